The van der Waals surface area contributed by atoms with Crippen LogP contribution in [0, 0.1) is 0 Å². The Kier molecular flexibility index (Phi) is 3.64. The Bertz CT molecular complexity index is 2280. The van der Waals surface area contributed by atoms with Gasteiger partial charge in [-0.15, -0.1) is 18.4 Å². The second kappa shape index (κ2) is 7.04. The number of H-pyrrole nitrogens is 1. The van der Waals surface area contributed by atoms with Gasteiger partial charge in [0.05, 0.1) is 6.20 Å². The fourth-order valence-corrected chi connectivity index (χ4v) is 5.84. The highest BCUT2D eigenvalue weighted by Gasteiger charge is 2.21. The molecule has 0 aliphatic carbocycles. The van der Waals surface area contributed by atoms with Crippen molar-refractivity contribution < 1.29 is 9.19 Å². The Balaban J connectivity index is 1.32. The molecule has 6 heterocycles. The number of hydrogen-bond donors (Lipinski definition) is 2. The SMILES string of the molecule is C1=Cc2cc(-c3ccc4c(c3)c3ncn5[nH][n+]6ccccc6c6cccc4c6c35)cc[n+]2Nn2ccnc21. The number of imidazole rings is 2. The molecule has 0 amide bonds. The number of aromatic amines is 1. The lowest BCUT2D eigenvalue weighted by Crippen LogP contribution is -2.49. The minimum Gasteiger partial charge on any atom is -0.212 e. The van der Waals surface area contributed by atoms with Crippen LogP contribution < -0.4 is 14.7 Å². The van der Waals surface area contributed by atoms with E-state index < -0.39 is 0 Å². The Morgan fingerprint density at radius 1 is 0.763 bits per heavy atom. The van der Waals surface area contributed by atoms with Crippen LogP contribution in [0.3, 0.4) is 0 Å². The smallest absolute Gasteiger partial charge is 0.212 e. The standard InChI is InChI=1S/C30H20N8/c1-2-13-36-26(6-1)24-5-3-4-23-22-9-7-19(17-25(22)29-30(28(23)24)38(34-36)18-32-29)20-11-14-35-21(16-20)8-10-27-31-12-15-37(27)33-35/h1-18,33-34H/q+2. The second-order valence-electron chi connectivity index (χ2n) is 9.66. The molecular formula is C30H20N8+2. The van der Waals surface area contributed by atoms with Crippen molar-refractivity contribution in [1.29, 1.82) is 0 Å². The molecule has 8 heteroatoms. The third-order valence-corrected chi connectivity index (χ3v) is 7.59. The van der Waals surface area contributed by atoms with Gasteiger partial charge in [0.2, 0.25) is 12.2 Å². The predicted octanol–water partition coefficient (Wildman–Crippen LogP) is 4.50. The first-order chi connectivity index (χ1) is 18.8. The van der Waals surface area contributed by atoms with Crippen molar-refractivity contribution in [3.63, 3.8) is 0 Å². The van der Waals surface area contributed by atoms with Crippen molar-refractivity contribution in [2.45, 2.75) is 0 Å². The predicted molar refractivity (Wildman–Crippen MR) is 147 cm³/mol. The number of rotatable bonds is 1. The number of fused-ring (bicyclic) bond motifs is 7. The highest BCUT2D eigenvalue weighted by molar-refractivity contribution is 6.29. The molecule has 2 N–H and O–H groups in total. The molecule has 8 aromatic rings. The van der Waals surface area contributed by atoms with E-state index in [-0.39, 0.29) is 0 Å². The minimum absolute atomic E-state index is 0.858. The van der Waals surface area contributed by atoms with Crippen LogP contribution >= 0.6 is 0 Å². The number of pyridine rings is 2. The first kappa shape index (κ1) is 19.7. The van der Waals surface area contributed by atoms with E-state index in [1.54, 1.807) is 6.20 Å². The summed E-state index contributed by atoms with van der Waals surface area (Å²) in [5, 5.41) is 9.45. The fraction of sp³-hybridized carbons (Fsp3) is 0. The summed E-state index contributed by atoms with van der Waals surface area (Å²) in [6.45, 7) is 0. The summed E-state index contributed by atoms with van der Waals surface area (Å²) >= 11 is 0. The van der Waals surface area contributed by atoms with Gasteiger partial charge in [0.15, 0.2) is 16.7 Å². The molecule has 0 bridgehead atoms. The maximum Gasteiger partial charge on any atom is 0.245 e. The van der Waals surface area contributed by atoms with Crippen LogP contribution in [0.15, 0.2) is 97.8 Å². The van der Waals surface area contributed by atoms with Crippen molar-refractivity contribution in [2.24, 2.45) is 0 Å². The summed E-state index contributed by atoms with van der Waals surface area (Å²) in [5.41, 5.74) is 9.85. The van der Waals surface area contributed by atoms with Crippen LogP contribution in [-0.4, -0.2) is 24.4 Å². The maximum atomic E-state index is 4.90. The second-order valence-corrected chi connectivity index (χ2v) is 9.66. The molecule has 0 atom stereocenters. The molecule has 0 radical (unpaired) electrons. The molecule has 3 aromatic carbocycles. The molecule has 1 aliphatic rings. The highest BCUT2D eigenvalue weighted by Crippen LogP contribution is 2.38. The number of aromatic nitrogens is 7. The van der Waals surface area contributed by atoms with E-state index in [9.17, 15) is 0 Å². The van der Waals surface area contributed by atoms with E-state index in [0.29, 0.717) is 0 Å². The largest absolute Gasteiger partial charge is 0.245 e. The monoisotopic (exact) mass is 492 g/mol. The van der Waals surface area contributed by atoms with Crippen LogP contribution in [0.2, 0.25) is 0 Å². The van der Waals surface area contributed by atoms with Crippen LogP contribution in [0.5, 0.6) is 0 Å². The van der Waals surface area contributed by atoms with Crippen molar-refractivity contribution in [2.75, 3.05) is 5.53 Å². The fourth-order valence-electron chi connectivity index (χ4n) is 5.84. The molecule has 0 fully saturated rings. The zero-order chi connectivity index (χ0) is 24.8. The maximum absolute atomic E-state index is 4.90. The molecule has 0 saturated carbocycles. The summed E-state index contributed by atoms with van der Waals surface area (Å²) < 4.78 is 7.96. The first-order valence-electron chi connectivity index (χ1n) is 12.5. The van der Waals surface area contributed by atoms with E-state index in [0.717, 1.165) is 44.6 Å². The van der Waals surface area contributed by atoms with Crippen LogP contribution in [0.4, 0.5) is 0 Å². The van der Waals surface area contributed by atoms with Gasteiger partial charge in [-0.25, -0.2) is 9.97 Å². The third-order valence-electron chi connectivity index (χ3n) is 7.59. The lowest BCUT2D eigenvalue weighted by Gasteiger charge is -2.10. The Hall–Kier alpha value is -5.50. The number of benzene rings is 3. The molecular weight excluding hydrogens is 472 g/mol. The van der Waals surface area contributed by atoms with Crippen molar-refractivity contribution >= 4 is 55.6 Å². The van der Waals surface area contributed by atoms with Crippen molar-refractivity contribution in [3.8, 4) is 11.1 Å². The normalized spacial score (nSPS) is 12.8. The van der Waals surface area contributed by atoms with Gasteiger partial charge in [0.1, 0.15) is 24.1 Å². The zero-order valence-electron chi connectivity index (χ0n) is 20.1. The Morgan fingerprint density at radius 3 is 2.71 bits per heavy atom. The average molecular weight is 493 g/mol. The summed E-state index contributed by atoms with van der Waals surface area (Å²) in [5.74, 6) is 0.858. The van der Waals surface area contributed by atoms with E-state index in [4.69, 9.17) is 4.98 Å². The minimum atomic E-state index is 0.858. The number of nitrogens with zero attached hydrogens (tertiary/aromatic N) is 6. The first-order valence-corrected chi connectivity index (χ1v) is 12.5. The zero-order valence-corrected chi connectivity index (χ0v) is 20.1. The summed E-state index contributed by atoms with van der Waals surface area (Å²) in [6.07, 6.45) is 13.7. The molecule has 9 rings (SSSR count). The number of hydrogen-bond acceptors (Lipinski definition) is 3. The number of nitrogens with one attached hydrogen (secondary N) is 2. The molecule has 8 nitrogen and oxygen atoms in total. The molecule has 1 aliphatic heterocycles. The van der Waals surface area contributed by atoms with E-state index in [1.807, 2.05) is 55.4 Å². The van der Waals surface area contributed by atoms with Crippen LogP contribution in [0.1, 0.15) is 11.5 Å². The quantitative estimate of drug-likeness (QED) is 0.262. The topological polar surface area (TPSA) is 70.9 Å². The molecule has 5 aromatic heterocycles. The highest BCUT2D eigenvalue weighted by atomic mass is 15.7. The molecule has 0 saturated heterocycles. The van der Waals surface area contributed by atoms with Gasteiger partial charge < -0.3 is 0 Å². The van der Waals surface area contributed by atoms with Gasteiger partial charge in [-0.05, 0) is 64.4 Å². The lowest BCUT2D eigenvalue weighted by atomic mass is 9.94. The van der Waals surface area contributed by atoms with E-state index in [1.165, 1.54) is 21.5 Å². The third kappa shape index (κ3) is 2.58. The van der Waals surface area contributed by atoms with E-state index >= 15 is 0 Å². The molecule has 178 valence electrons. The Labute approximate surface area is 215 Å². The van der Waals surface area contributed by atoms with E-state index in [2.05, 4.69) is 82.5 Å². The van der Waals surface area contributed by atoms with Gasteiger partial charge in [0.25, 0.3) is 0 Å². The Morgan fingerprint density at radius 2 is 1.71 bits per heavy atom. The van der Waals surface area contributed by atoms with Gasteiger partial charge in [-0.1, -0.05) is 41.1 Å². The van der Waals surface area contributed by atoms with Gasteiger partial charge >= 0.3 is 0 Å². The van der Waals surface area contributed by atoms with Crippen LogP contribution in [0.25, 0.3) is 66.8 Å². The van der Waals surface area contributed by atoms with Crippen LogP contribution in [-0.2, 0) is 0 Å². The molecule has 0 spiro atoms. The van der Waals surface area contributed by atoms with Gasteiger partial charge in [-0.3, -0.25) is 0 Å². The van der Waals surface area contributed by atoms with Gasteiger partial charge in [-0.2, -0.15) is 0 Å². The summed E-state index contributed by atoms with van der Waals surface area (Å²) in [6, 6.07) is 23.8. The van der Waals surface area contributed by atoms with Gasteiger partial charge in [0, 0.05) is 22.2 Å². The van der Waals surface area contributed by atoms with Crippen molar-refractivity contribution in [3.05, 3.63) is 109 Å². The lowest BCUT2D eigenvalue weighted by molar-refractivity contribution is -0.657. The van der Waals surface area contributed by atoms with Crippen molar-refractivity contribution in [1.82, 2.24) is 24.4 Å². The molecule has 0 unspecified atom stereocenters. The summed E-state index contributed by atoms with van der Waals surface area (Å²) in [7, 11) is 0. The summed E-state index contributed by atoms with van der Waals surface area (Å²) in [4.78, 5) is 9.29. The molecule has 38 heavy (non-hydrogen) atoms. The average Bonchev–Trinajstić information content (AvgIpc) is 3.51.